The van der Waals surface area contributed by atoms with Crippen molar-refractivity contribution >= 4 is 29.2 Å². The average Bonchev–Trinajstić information content (AvgIpc) is 1.88. The van der Waals surface area contributed by atoms with Crippen molar-refractivity contribution in [3.63, 3.8) is 0 Å². The van der Waals surface area contributed by atoms with Gasteiger partial charge >= 0.3 is 0 Å². The molecule has 0 fully saturated rings. The van der Waals surface area contributed by atoms with E-state index in [0.717, 1.165) is 0 Å². The SMILES string of the molecule is Cc1ncc(C=S)c(Cl)n1. The molecule has 0 aliphatic rings. The van der Waals surface area contributed by atoms with Crippen molar-refractivity contribution in [2.75, 3.05) is 0 Å². The fourth-order valence-corrected chi connectivity index (χ4v) is 0.994. The molecule has 10 heavy (non-hydrogen) atoms. The van der Waals surface area contributed by atoms with Gasteiger partial charge in [-0.25, -0.2) is 9.97 Å². The van der Waals surface area contributed by atoms with Crippen LogP contribution in [-0.4, -0.2) is 15.3 Å². The minimum atomic E-state index is 0.419. The van der Waals surface area contributed by atoms with Crippen LogP contribution in [0, 0.1) is 6.92 Å². The lowest BCUT2D eigenvalue weighted by atomic mass is 10.4. The highest BCUT2D eigenvalue weighted by Crippen LogP contribution is 2.08. The third-order valence-electron chi connectivity index (χ3n) is 1.02. The predicted octanol–water partition coefficient (Wildman–Crippen LogP) is 1.79. The quantitative estimate of drug-likeness (QED) is 0.477. The van der Waals surface area contributed by atoms with Gasteiger partial charge in [0.2, 0.25) is 0 Å². The van der Waals surface area contributed by atoms with Gasteiger partial charge in [0, 0.05) is 17.1 Å². The van der Waals surface area contributed by atoms with Crippen LogP contribution in [0.15, 0.2) is 6.20 Å². The molecule has 1 rings (SSSR count). The van der Waals surface area contributed by atoms with E-state index in [1.165, 1.54) is 5.37 Å². The van der Waals surface area contributed by atoms with Gasteiger partial charge < -0.3 is 0 Å². The van der Waals surface area contributed by atoms with Crippen LogP contribution in [0.25, 0.3) is 0 Å². The van der Waals surface area contributed by atoms with Gasteiger partial charge in [0.25, 0.3) is 0 Å². The molecule has 4 heteroatoms. The molecule has 1 heterocycles. The van der Waals surface area contributed by atoms with Gasteiger partial charge in [-0.15, -0.1) is 0 Å². The molecule has 0 spiro atoms. The van der Waals surface area contributed by atoms with Gasteiger partial charge in [0.1, 0.15) is 11.0 Å². The van der Waals surface area contributed by atoms with E-state index in [1.54, 1.807) is 13.1 Å². The Kier molecular flexibility index (Phi) is 2.29. The third-order valence-corrected chi connectivity index (χ3v) is 1.57. The van der Waals surface area contributed by atoms with Gasteiger partial charge in [0.15, 0.2) is 0 Å². The van der Waals surface area contributed by atoms with Crippen LogP contribution < -0.4 is 0 Å². The minimum absolute atomic E-state index is 0.419. The van der Waals surface area contributed by atoms with Gasteiger partial charge in [-0.3, -0.25) is 0 Å². The van der Waals surface area contributed by atoms with Crippen LogP contribution in [0.4, 0.5) is 0 Å². The molecule has 0 radical (unpaired) electrons. The summed E-state index contributed by atoms with van der Waals surface area (Å²) in [6.07, 6.45) is 1.61. The summed E-state index contributed by atoms with van der Waals surface area (Å²) in [5, 5.41) is 1.88. The number of aryl methyl sites for hydroxylation is 1. The highest BCUT2D eigenvalue weighted by Gasteiger charge is 1.97. The first-order valence-corrected chi connectivity index (χ1v) is 3.53. The Labute approximate surface area is 69.3 Å². The second kappa shape index (κ2) is 3.03. The molecule has 0 amide bonds. The van der Waals surface area contributed by atoms with Crippen LogP contribution in [0.5, 0.6) is 0 Å². The lowest BCUT2D eigenvalue weighted by molar-refractivity contribution is 1.05. The lowest BCUT2D eigenvalue weighted by Crippen LogP contribution is -1.91. The molecule has 0 unspecified atom stereocenters. The number of rotatable bonds is 1. The molecular formula is C6H5ClN2S. The number of halogens is 1. The highest BCUT2D eigenvalue weighted by atomic mass is 35.5. The van der Waals surface area contributed by atoms with Crippen molar-refractivity contribution in [1.82, 2.24) is 9.97 Å². The van der Waals surface area contributed by atoms with Gasteiger partial charge in [0.05, 0.1) is 0 Å². The Hall–Kier alpha value is -0.540. The molecule has 0 aliphatic carbocycles. The number of hydrogen-bond acceptors (Lipinski definition) is 3. The largest absolute Gasteiger partial charge is 0.241 e. The normalized spacial score (nSPS) is 9.40. The van der Waals surface area contributed by atoms with E-state index < -0.39 is 0 Å². The average molecular weight is 173 g/mol. The van der Waals surface area contributed by atoms with Crippen LogP contribution in [0.3, 0.4) is 0 Å². The number of nitrogens with zero attached hydrogens (tertiary/aromatic N) is 2. The first-order valence-electron chi connectivity index (χ1n) is 2.68. The first-order chi connectivity index (χ1) is 4.74. The minimum Gasteiger partial charge on any atom is -0.241 e. The van der Waals surface area contributed by atoms with Crippen molar-refractivity contribution in [3.8, 4) is 0 Å². The molecule has 1 aromatic heterocycles. The van der Waals surface area contributed by atoms with E-state index in [0.29, 0.717) is 16.5 Å². The number of thiocarbonyl (C=S) groups is 1. The number of aromatic nitrogens is 2. The van der Waals surface area contributed by atoms with E-state index in [9.17, 15) is 0 Å². The van der Waals surface area contributed by atoms with Crippen molar-refractivity contribution < 1.29 is 0 Å². The van der Waals surface area contributed by atoms with Gasteiger partial charge in [-0.1, -0.05) is 23.8 Å². The number of hydrogen-bond donors (Lipinski definition) is 0. The molecule has 0 bridgehead atoms. The van der Waals surface area contributed by atoms with E-state index in [2.05, 4.69) is 22.2 Å². The van der Waals surface area contributed by atoms with Gasteiger partial charge in [-0.05, 0) is 6.92 Å². The Morgan fingerprint density at radius 1 is 1.70 bits per heavy atom. The zero-order valence-electron chi connectivity index (χ0n) is 5.34. The second-order valence-corrected chi connectivity index (χ2v) is 2.37. The first kappa shape index (κ1) is 7.57. The zero-order valence-corrected chi connectivity index (χ0v) is 6.91. The fourth-order valence-electron chi connectivity index (χ4n) is 0.531. The summed E-state index contributed by atoms with van der Waals surface area (Å²) in [6, 6.07) is 0. The summed E-state index contributed by atoms with van der Waals surface area (Å²) in [6.45, 7) is 1.78. The third kappa shape index (κ3) is 1.49. The summed E-state index contributed by atoms with van der Waals surface area (Å²) in [5.41, 5.74) is 0.697. The summed E-state index contributed by atoms with van der Waals surface area (Å²) in [5.74, 6) is 0.658. The molecule has 0 saturated carbocycles. The summed E-state index contributed by atoms with van der Waals surface area (Å²) in [4.78, 5) is 7.82. The maximum absolute atomic E-state index is 5.68. The van der Waals surface area contributed by atoms with Crippen molar-refractivity contribution in [1.29, 1.82) is 0 Å². The molecule has 0 aromatic carbocycles. The van der Waals surface area contributed by atoms with E-state index >= 15 is 0 Å². The van der Waals surface area contributed by atoms with E-state index in [4.69, 9.17) is 11.6 Å². The topological polar surface area (TPSA) is 25.8 Å². The standard InChI is InChI=1S/C6H5ClN2S/c1-4-8-2-5(3-10)6(7)9-4/h2-3H,1H3. The molecule has 2 nitrogen and oxygen atoms in total. The Morgan fingerprint density at radius 3 is 2.90 bits per heavy atom. The molecule has 52 valence electrons. The van der Waals surface area contributed by atoms with E-state index in [-0.39, 0.29) is 0 Å². The fraction of sp³-hybridized carbons (Fsp3) is 0.167. The van der Waals surface area contributed by atoms with Gasteiger partial charge in [-0.2, -0.15) is 0 Å². The summed E-state index contributed by atoms with van der Waals surface area (Å²) in [7, 11) is 0. The Bertz CT molecular complexity index is 262. The lowest BCUT2D eigenvalue weighted by Gasteiger charge is -1.94. The summed E-state index contributed by atoms with van der Waals surface area (Å²) < 4.78 is 0. The van der Waals surface area contributed by atoms with Crippen molar-refractivity contribution in [2.45, 2.75) is 6.92 Å². The monoisotopic (exact) mass is 172 g/mol. The smallest absolute Gasteiger partial charge is 0.140 e. The molecule has 0 saturated heterocycles. The van der Waals surface area contributed by atoms with Crippen LogP contribution >= 0.6 is 23.8 Å². The Morgan fingerprint density at radius 2 is 2.40 bits per heavy atom. The van der Waals surface area contributed by atoms with Crippen molar-refractivity contribution in [3.05, 3.63) is 22.7 Å². The van der Waals surface area contributed by atoms with Crippen LogP contribution in [0.2, 0.25) is 5.15 Å². The van der Waals surface area contributed by atoms with E-state index in [1.807, 2.05) is 0 Å². The summed E-state index contributed by atoms with van der Waals surface area (Å²) >= 11 is 10.3. The predicted molar refractivity (Wildman–Crippen MR) is 44.5 cm³/mol. The molecule has 0 atom stereocenters. The zero-order chi connectivity index (χ0) is 7.56. The maximum atomic E-state index is 5.68. The molecular weight excluding hydrogens is 168 g/mol. The molecule has 0 N–H and O–H groups in total. The molecule has 0 aliphatic heterocycles. The highest BCUT2D eigenvalue weighted by molar-refractivity contribution is 7.79. The van der Waals surface area contributed by atoms with Crippen molar-refractivity contribution in [2.24, 2.45) is 0 Å². The van der Waals surface area contributed by atoms with Crippen LogP contribution in [-0.2, 0) is 0 Å². The molecule has 1 aromatic rings. The Balaban J connectivity index is 3.19. The second-order valence-electron chi connectivity index (χ2n) is 1.78. The van der Waals surface area contributed by atoms with Crippen LogP contribution in [0.1, 0.15) is 11.4 Å². The maximum Gasteiger partial charge on any atom is 0.140 e.